The monoisotopic (exact) mass is 286 g/mol. The SMILES string of the molecule is CCC(C)C(C(=O)N1C[C@@H]2CCN[C@@H]2C1)c1ccccc1. The molecule has 1 amide bonds. The van der Waals surface area contributed by atoms with Crippen molar-refractivity contribution in [3.05, 3.63) is 35.9 Å². The third-order valence-corrected chi connectivity index (χ3v) is 5.31. The molecule has 114 valence electrons. The summed E-state index contributed by atoms with van der Waals surface area (Å²) in [4.78, 5) is 15.2. The summed E-state index contributed by atoms with van der Waals surface area (Å²) in [6.07, 6.45) is 2.25. The molecule has 2 fully saturated rings. The zero-order valence-electron chi connectivity index (χ0n) is 13.1. The van der Waals surface area contributed by atoms with Gasteiger partial charge >= 0.3 is 0 Å². The largest absolute Gasteiger partial charge is 0.340 e. The van der Waals surface area contributed by atoms with Crippen molar-refractivity contribution in [1.29, 1.82) is 0 Å². The molecule has 0 bridgehead atoms. The molecular formula is C18H26N2O. The molecule has 4 atom stereocenters. The molecule has 2 saturated heterocycles. The summed E-state index contributed by atoms with van der Waals surface area (Å²) >= 11 is 0. The van der Waals surface area contributed by atoms with Gasteiger partial charge in [-0.25, -0.2) is 0 Å². The maximum Gasteiger partial charge on any atom is 0.230 e. The van der Waals surface area contributed by atoms with Gasteiger partial charge in [-0.05, 0) is 30.4 Å². The van der Waals surface area contributed by atoms with Crippen LogP contribution < -0.4 is 5.32 Å². The second-order valence-electron chi connectivity index (χ2n) is 6.63. The molecular weight excluding hydrogens is 260 g/mol. The number of carbonyl (C=O) groups is 1. The van der Waals surface area contributed by atoms with E-state index in [-0.39, 0.29) is 5.92 Å². The predicted octanol–water partition coefficient (Wildman–Crippen LogP) is 2.64. The highest BCUT2D eigenvalue weighted by Crippen LogP contribution is 2.32. The fourth-order valence-electron chi connectivity index (χ4n) is 3.84. The number of hydrogen-bond acceptors (Lipinski definition) is 2. The first kappa shape index (κ1) is 14.6. The van der Waals surface area contributed by atoms with Crippen LogP contribution in [0.1, 0.15) is 38.2 Å². The zero-order valence-corrected chi connectivity index (χ0v) is 13.1. The normalized spacial score (nSPS) is 27.4. The number of nitrogens with zero attached hydrogens (tertiary/aromatic N) is 1. The molecule has 0 radical (unpaired) electrons. The van der Waals surface area contributed by atoms with Crippen molar-refractivity contribution >= 4 is 5.91 Å². The van der Waals surface area contributed by atoms with Gasteiger partial charge in [0.1, 0.15) is 0 Å². The Morgan fingerprint density at radius 2 is 2.10 bits per heavy atom. The van der Waals surface area contributed by atoms with Crippen LogP contribution in [0.4, 0.5) is 0 Å². The van der Waals surface area contributed by atoms with Gasteiger partial charge in [0.15, 0.2) is 0 Å². The summed E-state index contributed by atoms with van der Waals surface area (Å²) in [5, 5.41) is 3.53. The standard InChI is InChI=1S/C18H26N2O/c1-3-13(2)17(14-7-5-4-6-8-14)18(21)20-11-15-9-10-19-16(15)12-20/h4-8,13,15-17,19H,3,9-12H2,1-2H3/t13?,15-,16+,17?/m0/s1. The average molecular weight is 286 g/mol. The van der Waals surface area contributed by atoms with E-state index < -0.39 is 0 Å². The van der Waals surface area contributed by atoms with E-state index in [0.29, 0.717) is 23.8 Å². The van der Waals surface area contributed by atoms with Gasteiger partial charge in [-0.15, -0.1) is 0 Å². The molecule has 0 spiro atoms. The number of fused-ring (bicyclic) bond motifs is 1. The first-order chi connectivity index (χ1) is 10.2. The molecule has 0 aromatic heterocycles. The molecule has 1 aromatic carbocycles. The van der Waals surface area contributed by atoms with Crippen molar-refractivity contribution in [3.8, 4) is 0 Å². The summed E-state index contributed by atoms with van der Waals surface area (Å²) in [5.41, 5.74) is 1.17. The number of hydrogen-bond donors (Lipinski definition) is 1. The third-order valence-electron chi connectivity index (χ3n) is 5.31. The number of nitrogens with one attached hydrogen (secondary N) is 1. The van der Waals surface area contributed by atoms with Crippen molar-refractivity contribution in [2.24, 2.45) is 11.8 Å². The van der Waals surface area contributed by atoms with Crippen molar-refractivity contribution in [3.63, 3.8) is 0 Å². The van der Waals surface area contributed by atoms with Gasteiger partial charge < -0.3 is 10.2 Å². The van der Waals surface area contributed by atoms with Gasteiger partial charge in [-0.2, -0.15) is 0 Å². The maximum atomic E-state index is 13.1. The van der Waals surface area contributed by atoms with Crippen LogP contribution in [0.25, 0.3) is 0 Å². The topological polar surface area (TPSA) is 32.3 Å². The Hall–Kier alpha value is -1.35. The van der Waals surface area contributed by atoms with E-state index in [1.807, 2.05) is 18.2 Å². The highest BCUT2D eigenvalue weighted by Gasteiger charge is 2.40. The van der Waals surface area contributed by atoms with E-state index in [2.05, 4.69) is 36.2 Å². The Balaban J connectivity index is 1.79. The van der Waals surface area contributed by atoms with Crippen LogP contribution in [-0.2, 0) is 4.79 Å². The smallest absolute Gasteiger partial charge is 0.230 e. The van der Waals surface area contributed by atoms with Gasteiger partial charge in [0, 0.05) is 19.1 Å². The summed E-state index contributed by atoms with van der Waals surface area (Å²) in [5.74, 6) is 1.39. The molecule has 3 nitrogen and oxygen atoms in total. The number of likely N-dealkylation sites (tertiary alicyclic amines) is 1. The van der Waals surface area contributed by atoms with Crippen LogP contribution >= 0.6 is 0 Å². The molecule has 2 unspecified atom stereocenters. The Labute approximate surface area is 127 Å². The van der Waals surface area contributed by atoms with Crippen LogP contribution in [0.3, 0.4) is 0 Å². The van der Waals surface area contributed by atoms with E-state index in [0.717, 1.165) is 26.1 Å². The Morgan fingerprint density at radius 3 is 2.76 bits per heavy atom. The van der Waals surface area contributed by atoms with Crippen LogP contribution in [0.5, 0.6) is 0 Å². The molecule has 3 rings (SSSR count). The molecule has 2 heterocycles. The van der Waals surface area contributed by atoms with Crippen molar-refractivity contribution in [2.75, 3.05) is 19.6 Å². The van der Waals surface area contributed by atoms with E-state index in [9.17, 15) is 4.79 Å². The average Bonchev–Trinajstić information content (AvgIpc) is 3.09. The second kappa shape index (κ2) is 6.18. The quantitative estimate of drug-likeness (QED) is 0.923. The summed E-state index contributed by atoms with van der Waals surface area (Å²) < 4.78 is 0. The molecule has 1 N–H and O–H groups in total. The van der Waals surface area contributed by atoms with Gasteiger partial charge in [0.2, 0.25) is 5.91 Å². The lowest BCUT2D eigenvalue weighted by atomic mass is 9.84. The fraction of sp³-hybridized carbons (Fsp3) is 0.611. The number of carbonyl (C=O) groups excluding carboxylic acids is 1. The summed E-state index contributed by atoms with van der Waals surface area (Å²) in [7, 11) is 0. The highest BCUT2D eigenvalue weighted by molar-refractivity contribution is 5.84. The predicted molar refractivity (Wildman–Crippen MR) is 85.1 cm³/mol. The lowest BCUT2D eigenvalue weighted by molar-refractivity contribution is -0.133. The molecule has 1 aromatic rings. The molecule has 0 saturated carbocycles. The second-order valence-corrected chi connectivity index (χ2v) is 6.63. The molecule has 2 aliphatic heterocycles. The van der Waals surface area contributed by atoms with Crippen LogP contribution in [-0.4, -0.2) is 36.5 Å². The number of rotatable bonds is 4. The minimum atomic E-state index is 0.00928. The first-order valence-corrected chi connectivity index (χ1v) is 8.27. The molecule has 3 heteroatoms. The van der Waals surface area contributed by atoms with Crippen LogP contribution in [0.15, 0.2) is 30.3 Å². The molecule has 2 aliphatic rings. The minimum absolute atomic E-state index is 0.00928. The van der Waals surface area contributed by atoms with E-state index in [4.69, 9.17) is 0 Å². The zero-order chi connectivity index (χ0) is 14.8. The summed E-state index contributed by atoms with van der Waals surface area (Å²) in [6, 6.07) is 10.8. The molecule has 0 aliphatic carbocycles. The van der Waals surface area contributed by atoms with Gasteiger partial charge in [-0.1, -0.05) is 50.6 Å². The Morgan fingerprint density at radius 1 is 1.33 bits per heavy atom. The number of benzene rings is 1. The van der Waals surface area contributed by atoms with Crippen LogP contribution in [0, 0.1) is 11.8 Å². The van der Waals surface area contributed by atoms with Crippen molar-refractivity contribution in [2.45, 2.75) is 38.6 Å². The van der Waals surface area contributed by atoms with E-state index in [1.165, 1.54) is 12.0 Å². The molecule has 21 heavy (non-hydrogen) atoms. The number of amides is 1. The van der Waals surface area contributed by atoms with Crippen molar-refractivity contribution in [1.82, 2.24) is 10.2 Å². The third kappa shape index (κ3) is 2.84. The maximum absolute atomic E-state index is 13.1. The van der Waals surface area contributed by atoms with Gasteiger partial charge in [0.05, 0.1) is 5.92 Å². The van der Waals surface area contributed by atoms with Gasteiger partial charge in [0.25, 0.3) is 0 Å². The Bertz CT molecular complexity index is 475. The summed E-state index contributed by atoms with van der Waals surface area (Å²) in [6.45, 7) is 7.32. The van der Waals surface area contributed by atoms with E-state index in [1.54, 1.807) is 0 Å². The lowest BCUT2D eigenvalue weighted by Gasteiger charge is -2.28. The fourth-order valence-corrected chi connectivity index (χ4v) is 3.84. The highest BCUT2D eigenvalue weighted by atomic mass is 16.2. The van der Waals surface area contributed by atoms with Gasteiger partial charge in [-0.3, -0.25) is 4.79 Å². The van der Waals surface area contributed by atoms with E-state index >= 15 is 0 Å². The lowest BCUT2D eigenvalue weighted by Crippen LogP contribution is -2.38. The Kier molecular flexibility index (Phi) is 4.29. The first-order valence-electron chi connectivity index (χ1n) is 8.27. The minimum Gasteiger partial charge on any atom is -0.340 e. The van der Waals surface area contributed by atoms with Crippen molar-refractivity contribution < 1.29 is 4.79 Å². The van der Waals surface area contributed by atoms with Crippen LogP contribution in [0.2, 0.25) is 0 Å².